The van der Waals surface area contributed by atoms with Crippen molar-refractivity contribution in [3.8, 4) is 5.88 Å². The standard InChI is InChI=1S/C17H16N4O3/c1-24-17-8-12(6-7-18-17)9-19-16(23)11-21-14-5-3-2-4-13(14)15(22)10-20-21/h2-8,10H,9,11H2,1H3,(H,19,23). The summed E-state index contributed by atoms with van der Waals surface area (Å²) in [6.07, 6.45) is 2.85. The summed E-state index contributed by atoms with van der Waals surface area (Å²) in [5.74, 6) is 0.293. The van der Waals surface area contributed by atoms with E-state index in [0.29, 0.717) is 23.3 Å². The van der Waals surface area contributed by atoms with Gasteiger partial charge in [0.2, 0.25) is 17.2 Å². The molecular formula is C17H16N4O3. The molecule has 1 N–H and O–H groups in total. The van der Waals surface area contributed by atoms with Crippen molar-refractivity contribution in [2.24, 2.45) is 0 Å². The maximum Gasteiger partial charge on any atom is 0.242 e. The SMILES string of the molecule is COc1cc(CNC(=O)Cn2ncc(=O)c3ccccc32)ccn1. The minimum atomic E-state index is -0.202. The topological polar surface area (TPSA) is 86.1 Å². The second-order valence-corrected chi connectivity index (χ2v) is 5.17. The van der Waals surface area contributed by atoms with Crippen LogP contribution in [0.4, 0.5) is 0 Å². The average molecular weight is 324 g/mol. The fourth-order valence-electron chi connectivity index (χ4n) is 2.35. The molecule has 3 aromatic rings. The number of para-hydroxylation sites is 1. The van der Waals surface area contributed by atoms with Gasteiger partial charge in [-0.3, -0.25) is 14.3 Å². The minimum Gasteiger partial charge on any atom is -0.481 e. The van der Waals surface area contributed by atoms with E-state index in [4.69, 9.17) is 4.74 Å². The Morgan fingerprint density at radius 3 is 2.96 bits per heavy atom. The maximum atomic E-state index is 12.2. The predicted molar refractivity (Wildman–Crippen MR) is 88.6 cm³/mol. The van der Waals surface area contributed by atoms with Crippen LogP contribution in [0.2, 0.25) is 0 Å². The molecule has 7 nitrogen and oxygen atoms in total. The van der Waals surface area contributed by atoms with Gasteiger partial charge in [0.25, 0.3) is 0 Å². The number of nitrogens with zero attached hydrogens (tertiary/aromatic N) is 3. The van der Waals surface area contributed by atoms with Gasteiger partial charge in [-0.25, -0.2) is 4.98 Å². The van der Waals surface area contributed by atoms with Crippen LogP contribution in [0, 0.1) is 0 Å². The second-order valence-electron chi connectivity index (χ2n) is 5.17. The quantitative estimate of drug-likeness (QED) is 0.760. The van der Waals surface area contributed by atoms with Crippen molar-refractivity contribution in [1.29, 1.82) is 0 Å². The lowest BCUT2D eigenvalue weighted by atomic mass is 10.2. The zero-order valence-corrected chi connectivity index (χ0v) is 13.1. The lowest BCUT2D eigenvalue weighted by Crippen LogP contribution is -2.28. The highest BCUT2D eigenvalue weighted by molar-refractivity contribution is 5.81. The molecule has 2 heterocycles. The minimum absolute atomic E-state index is 0.0308. The normalized spacial score (nSPS) is 10.5. The van der Waals surface area contributed by atoms with Crippen LogP contribution in [0.3, 0.4) is 0 Å². The van der Waals surface area contributed by atoms with Gasteiger partial charge in [0.15, 0.2) is 0 Å². The Labute approximate surface area is 137 Å². The van der Waals surface area contributed by atoms with E-state index in [2.05, 4.69) is 15.4 Å². The molecule has 7 heteroatoms. The molecule has 122 valence electrons. The molecule has 24 heavy (non-hydrogen) atoms. The predicted octanol–water partition coefficient (Wildman–Crippen LogP) is 1.12. The second kappa shape index (κ2) is 6.91. The number of carbonyl (C=O) groups excluding carboxylic acids is 1. The largest absolute Gasteiger partial charge is 0.481 e. The number of hydrogen-bond donors (Lipinski definition) is 1. The van der Waals surface area contributed by atoms with E-state index in [-0.39, 0.29) is 17.9 Å². The summed E-state index contributed by atoms with van der Waals surface area (Å²) in [5, 5.41) is 7.40. The number of pyridine rings is 1. The van der Waals surface area contributed by atoms with Gasteiger partial charge >= 0.3 is 0 Å². The van der Waals surface area contributed by atoms with Crippen molar-refractivity contribution in [2.45, 2.75) is 13.1 Å². The maximum absolute atomic E-state index is 12.2. The fourth-order valence-corrected chi connectivity index (χ4v) is 2.35. The van der Waals surface area contributed by atoms with Gasteiger partial charge in [0.05, 0.1) is 18.8 Å². The monoisotopic (exact) mass is 324 g/mol. The summed E-state index contributed by atoms with van der Waals surface area (Å²) in [4.78, 5) is 28.0. The molecule has 0 atom stereocenters. The molecule has 0 aliphatic heterocycles. The third-order valence-electron chi connectivity index (χ3n) is 3.55. The average Bonchev–Trinajstić information content (AvgIpc) is 2.63. The van der Waals surface area contributed by atoms with Crippen LogP contribution < -0.4 is 15.5 Å². The van der Waals surface area contributed by atoms with Gasteiger partial charge < -0.3 is 10.1 Å². The van der Waals surface area contributed by atoms with E-state index in [1.165, 1.54) is 18.0 Å². The van der Waals surface area contributed by atoms with Crippen molar-refractivity contribution in [3.63, 3.8) is 0 Å². The van der Waals surface area contributed by atoms with Crippen molar-refractivity contribution in [3.05, 3.63) is 64.6 Å². The lowest BCUT2D eigenvalue weighted by molar-refractivity contribution is -0.121. The molecule has 3 rings (SSSR count). The van der Waals surface area contributed by atoms with Crippen LogP contribution in [0.25, 0.3) is 10.9 Å². The van der Waals surface area contributed by atoms with Crippen LogP contribution in [-0.2, 0) is 17.9 Å². The van der Waals surface area contributed by atoms with Crippen LogP contribution >= 0.6 is 0 Å². The highest BCUT2D eigenvalue weighted by Crippen LogP contribution is 2.09. The molecule has 0 aliphatic carbocycles. The van der Waals surface area contributed by atoms with Crippen molar-refractivity contribution in [2.75, 3.05) is 7.11 Å². The summed E-state index contributed by atoms with van der Waals surface area (Å²) < 4.78 is 6.56. The first-order valence-electron chi connectivity index (χ1n) is 7.38. The molecule has 0 radical (unpaired) electrons. The van der Waals surface area contributed by atoms with Crippen molar-refractivity contribution >= 4 is 16.8 Å². The zero-order chi connectivity index (χ0) is 16.9. The van der Waals surface area contributed by atoms with Crippen molar-refractivity contribution < 1.29 is 9.53 Å². The van der Waals surface area contributed by atoms with Crippen LogP contribution in [-0.4, -0.2) is 27.8 Å². The number of amides is 1. The number of aromatic nitrogens is 3. The number of nitrogens with one attached hydrogen (secondary N) is 1. The van der Waals surface area contributed by atoms with Crippen LogP contribution in [0.1, 0.15) is 5.56 Å². The number of fused-ring (bicyclic) bond motifs is 1. The summed E-state index contributed by atoms with van der Waals surface area (Å²) in [7, 11) is 1.54. The van der Waals surface area contributed by atoms with E-state index in [1.807, 2.05) is 0 Å². The molecule has 0 bridgehead atoms. The Balaban J connectivity index is 1.71. The van der Waals surface area contributed by atoms with Gasteiger partial charge in [0.1, 0.15) is 6.54 Å². The number of carbonyl (C=O) groups is 1. The zero-order valence-electron chi connectivity index (χ0n) is 13.1. The number of ether oxygens (including phenoxy) is 1. The Hall–Kier alpha value is -3.22. The van der Waals surface area contributed by atoms with E-state index in [9.17, 15) is 9.59 Å². The van der Waals surface area contributed by atoms with Crippen LogP contribution in [0.5, 0.6) is 5.88 Å². The number of rotatable bonds is 5. The van der Waals surface area contributed by atoms with Gasteiger partial charge in [-0.15, -0.1) is 0 Å². The highest BCUT2D eigenvalue weighted by atomic mass is 16.5. The molecular weight excluding hydrogens is 308 g/mol. The third-order valence-corrected chi connectivity index (χ3v) is 3.55. The van der Waals surface area contributed by atoms with Gasteiger partial charge in [0, 0.05) is 24.2 Å². The van der Waals surface area contributed by atoms with Gasteiger partial charge in [-0.1, -0.05) is 12.1 Å². The third kappa shape index (κ3) is 3.40. The summed E-state index contributed by atoms with van der Waals surface area (Å²) >= 11 is 0. The first kappa shape index (κ1) is 15.7. The van der Waals surface area contributed by atoms with Gasteiger partial charge in [-0.05, 0) is 23.8 Å². The van der Waals surface area contributed by atoms with Crippen molar-refractivity contribution in [1.82, 2.24) is 20.1 Å². The molecule has 0 fully saturated rings. The van der Waals surface area contributed by atoms with E-state index >= 15 is 0 Å². The molecule has 0 spiro atoms. The lowest BCUT2D eigenvalue weighted by Gasteiger charge is -2.10. The number of benzene rings is 1. The summed E-state index contributed by atoms with van der Waals surface area (Å²) in [5.41, 5.74) is 1.35. The van der Waals surface area contributed by atoms with E-state index in [0.717, 1.165) is 5.56 Å². The molecule has 0 aliphatic rings. The summed E-state index contributed by atoms with van der Waals surface area (Å²) in [6, 6.07) is 10.6. The molecule has 1 amide bonds. The first-order valence-corrected chi connectivity index (χ1v) is 7.38. The van der Waals surface area contributed by atoms with E-state index < -0.39 is 0 Å². The van der Waals surface area contributed by atoms with Crippen LogP contribution in [0.15, 0.2) is 53.6 Å². The Bertz CT molecular complexity index is 936. The molecule has 2 aromatic heterocycles. The molecule has 0 saturated carbocycles. The molecule has 0 saturated heterocycles. The highest BCUT2D eigenvalue weighted by Gasteiger charge is 2.08. The fraction of sp³-hybridized carbons (Fsp3) is 0.176. The molecule has 0 unspecified atom stereocenters. The molecule has 1 aromatic carbocycles. The Kier molecular flexibility index (Phi) is 4.51. The number of hydrogen-bond acceptors (Lipinski definition) is 5. The van der Waals surface area contributed by atoms with E-state index in [1.54, 1.807) is 42.6 Å². The van der Waals surface area contributed by atoms with Gasteiger partial charge in [-0.2, -0.15) is 5.10 Å². The Morgan fingerprint density at radius 1 is 1.29 bits per heavy atom. The Morgan fingerprint density at radius 2 is 2.12 bits per heavy atom. The number of methoxy groups -OCH3 is 1. The smallest absolute Gasteiger partial charge is 0.242 e. The summed E-state index contributed by atoms with van der Waals surface area (Å²) in [6.45, 7) is 0.388. The first-order chi connectivity index (χ1) is 11.7.